The van der Waals surface area contributed by atoms with Crippen LogP contribution in [0.15, 0.2) is 10.5 Å². The standard InChI is InChI=1S/C11H12BrF2NO3/c1-3-18-9(16)5-8-7(12)4-6(10(13)14)11(15-8)17-2/h4,10H,3,5H2,1-2H3. The summed E-state index contributed by atoms with van der Waals surface area (Å²) in [5.41, 5.74) is -0.0216. The minimum atomic E-state index is -2.69. The molecule has 0 unspecified atom stereocenters. The third kappa shape index (κ3) is 3.63. The smallest absolute Gasteiger partial charge is 0.311 e. The van der Waals surface area contributed by atoms with E-state index in [4.69, 9.17) is 9.47 Å². The number of hydrogen-bond acceptors (Lipinski definition) is 4. The van der Waals surface area contributed by atoms with Gasteiger partial charge in [0.15, 0.2) is 0 Å². The topological polar surface area (TPSA) is 48.4 Å². The van der Waals surface area contributed by atoms with E-state index in [1.807, 2.05) is 0 Å². The number of ether oxygens (including phenoxy) is 2. The van der Waals surface area contributed by atoms with Crippen molar-refractivity contribution in [2.75, 3.05) is 13.7 Å². The van der Waals surface area contributed by atoms with Gasteiger partial charge in [0.05, 0.1) is 31.4 Å². The largest absolute Gasteiger partial charge is 0.481 e. The predicted octanol–water partition coefficient (Wildman–Crippen LogP) is 2.90. The van der Waals surface area contributed by atoms with Gasteiger partial charge in [-0.2, -0.15) is 0 Å². The quantitative estimate of drug-likeness (QED) is 0.782. The van der Waals surface area contributed by atoms with Crippen molar-refractivity contribution in [3.63, 3.8) is 0 Å². The summed E-state index contributed by atoms with van der Waals surface area (Å²) < 4.78 is 35.2. The first-order valence-corrected chi connectivity index (χ1v) is 5.96. The lowest BCUT2D eigenvalue weighted by Gasteiger charge is -2.10. The van der Waals surface area contributed by atoms with Gasteiger partial charge in [0, 0.05) is 4.47 Å². The fourth-order valence-corrected chi connectivity index (χ4v) is 1.79. The van der Waals surface area contributed by atoms with E-state index in [1.54, 1.807) is 6.92 Å². The van der Waals surface area contributed by atoms with Crippen molar-refractivity contribution in [3.05, 3.63) is 21.8 Å². The minimum absolute atomic E-state index is 0.103. The van der Waals surface area contributed by atoms with E-state index in [1.165, 1.54) is 13.2 Å². The average Bonchev–Trinajstić information content (AvgIpc) is 2.31. The first-order chi connectivity index (χ1) is 8.49. The van der Waals surface area contributed by atoms with Gasteiger partial charge in [-0.25, -0.2) is 13.8 Å². The van der Waals surface area contributed by atoms with Crippen molar-refractivity contribution >= 4 is 21.9 Å². The molecule has 0 aliphatic heterocycles. The van der Waals surface area contributed by atoms with Crippen LogP contribution in [0.1, 0.15) is 24.6 Å². The van der Waals surface area contributed by atoms with Gasteiger partial charge in [0.2, 0.25) is 5.88 Å². The fraction of sp³-hybridized carbons (Fsp3) is 0.455. The highest BCUT2D eigenvalue weighted by atomic mass is 79.9. The van der Waals surface area contributed by atoms with E-state index < -0.39 is 12.4 Å². The van der Waals surface area contributed by atoms with Gasteiger partial charge in [-0.1, -0.05) is 0 Å². The van der Waals surface area contributed by atoms with Gasteiger partial charge in [-0.15, -0.1) is 0 Å². The third-order valence-electron chi connectivity index (χ3n) is 2.09. The van der Waals surface area contributed by atoms with Crippen LogP contribution < -0.4 is 4.74 Å². The molecule has 1 heterocycles. The second-order valence-electron chi connectivity index (χ2n) is 3.30. The molecule has 1 rings (SSSR count). The molecule has 1 aromatic heterocycles. The van der Waals surface area contributed by atoms with Crippen molar-refractivity contribution in [3.8, 4) is 5.88 Å². The summed E-state index contributed by atoms with van der Waals surface area (Å²) in [5, 5.41) is 0. The van der Waals surface area contributed by atoms with Gasteiger partial charge in [0.25, 0.3) is 6.43 Å². The lowest BCUT2D eigenvalue weighted by molar-refractivity contribution is -0.142. The van der Waals surface area contributed by atoms with Crippen molar-refractivity contribution in [1.82, 2.24) is 4.98 Å². The van der Waals surface area contributed by atoms with Crippen molar-refractivity contribution in [1.29, 1.82) is 0 Å². The molecule has 0 aliphatic carbocycles. The zero-order valence-electron chi connectivity index (χ0n) is 9.87. The zero-order chi connectivity index (χ0) is 13.7. The Morgan fingerprint density at radius 1 is 1.56 bits per heavy atom. The number of halogens is 3. The van der Waals surface area contributed by atoms with Gasteiger partial charge in [0.1, 0.15) is 0 Å². The van der Waals surface area contributed by atoms with Gasteiger partial charge in [-0.05, 0) is 28.9 Å². The number of nitrogens with zero attached hydrogens (tertiary/aromatic N) is 1. The summed E-state index contributed by atoms with van der Waals surface area (Å²) in [4.78, 5) is 15.2. The lowest BCUT2D eigenvalue weighted by Crippen LogP contribution is -2.10. The number of alkyl halides is 2. The predicted molar refractivity (Wildman–Crippen MR) is 63.8 cm³/mol. The average molecular weight is 324 g/mol. The van der Waals surface area contributed by atoms with Gasteiger partial charge in [-0.3, -0.25) is 4.79 Å². The molecule has 7 heteroatoms. The van der Waals surface area contributed by atoms with Crippen LogP contribution in [0.5, 0.6) is 5.88 Å². The van der Waals surface area contributed by atoms with Crippen LogP contribution in [-0.4, -0.2) is 24.7 Å². The molecule has 0 saturated carbocycles. The molecule has 0 radical (unpaired) electrons. The van der Waals surface area contributed by atoms with Crippen LogP contribution >= 0.6 is 15.9 Å². The molecule has 0 saturated heterocycles. The summed E-state index contributed by atoms with van der Waals surface area (Å²) in [6, 6.07) is 1.20. The molecule has 0 aromatic carbocycles. The highest BCUT2D eigenvalue weighted by Gasteiger charge is 2.19. The van der Waals surface area contributed by atoms with Crippen LogP contribution in [-0.2, 0) is 16.0 Å². The summed E-state index contributed by atoms with van der Waals surface area (Å²) in [7, 11) is 1.25. The first kappa shape index (κ1) is 14.8. The number of esters is 1. The van der Waals surface area contributed by atoms with Crippen molar-refractivity contribution in [2.45, 2.75) is 19.8 Å². The molecule has 100 valence electrons. The van der Waals surface area contributed by atoms with Gasteiger partial charge >= 0.3 is 5.97 Å². The van der Waals surface area contributed by atoms with E-state index in [-0.39, 0.29) is 24.5 Å². The Morgan fingerprint density at radius 2 is 2.22 bits per heavy atom. The molecule has 0 bridgehead atoms. The monoisotopic (exact) mass is 323 g/mol. The minimum Gasteiger partial charge on any atom is -0.481 e. The number of methoxy groups -OCH3 is 1. The van der Waals surface area contributed by atoms with Crippen LogP contribution in [0.25, 0.3) is 0 Å². The second kappa shape index (κ2) is 6.63. The Labute approximate surface area is 111 Å². The first-order valence-electron chi connectivity index (χ1n) is 5.16. The Bertz CT molecular complexity index is 441. The molecule has 18 heavy (non-hydrogen) atoms. The highest BCUT2D eigenvalue weighted by Crippen LogP contribution is 2.31. The number of rotatable bonds is 5. The number of carbonyl (C=O) groups is 1. The normalized spacial score (nSPS) is 10.6. The molecule has 0 atom stereocenters. The molecule has 0 aliphatic rings. The summed E-state index contributed by atoms with van der Waals surface area (Å²) in [6.45, 7) is 1.93. The SMILES string of the molecule is CCOC(=O)Cc1nc(OC)c(C(F)F)cc1Br. The lowest BCUT2D eigenvalue weighted by atomic mass is 10.2. The molecular formula is C11H12BrF2NO3. The Hall–Kier alpha value is -1.24. The zero-order valence-corrected chi connectivity index (χ0v) is 11.5. The maximum atomic E-state index is 12.7. The summed E-state index contributed by atoms with van der Waals surface area (Å²) in [5.74, 6) is -0.662. The molecule has 0 amide bonds. The second-order valence-corrected chi connectivity index (χ2v) is 4.15. The van der Waals surface area contributed by atoms with Crippen LogP contribution in [0.3, 0.4) is 0 Å². The van der Waals surface area contributed by atoms with E-state index >= 15 is 0 Å². The van der Waals surface area contributed by atoms with E-state index in [0.717, 1.165) is 0 Å². The van der Waals surface area contributed by atoms with E-state index in [2.05, 4.69) is 20.9 Å². The van der Waals surface area contributed by atoms with E-state index in [0.29, 0.717) is 10.2 Å². The number of hydrogen-bond donors (Lipinski definition) is 0. The molecular weight excluding hydrogens is 312 g/mol. The number of pyridine rings is 1. The Morgan fingerprint density at radius 3 is 2.72 bits per heavy atom. The van der Waals surface area contributed by atoms with Gasteiger partial charge < -0.3 is 9.47 Å². The fourth-order valence-electron chi connectivity index (χ4n) is 1.31. The molecule has 1 aromatic rings. The Kier molecular flexibility index (Phi) is 5.46. The highest BCUT2D eigenvalue weighted by molar-refractivity contribution is 9.10. The van der Waals surface area contributed by atoms with Crippen LogP contribution in [0, 0.1) is 0 Å². The van der Waals surface area contributed by atoms with Crippen LogP contribution in [0.4, 0.5) is 8.78 Å². The van der Waals surface area contributed by atoms with E-state index in [9.17, 15) is 13.6 Å². The molecule has 4 nitrogen and oxygen atoms in total. The molecule has 0 fully saturated rings. The summed E-state index contributed by atoms with van der Waals surface area (Å²) >= 11 is 3.10. The molecule has 0 spiro atoms. The number of carbonyl (C=O) groups excluding carboxylic acids is 1. The van der Waals surface area contributed by atoms with Crippen molar-refractivity contribution < 1.29 is 23.0 Å². The summed E-state index contributed by atoms with van der Waals surface area (Å²) in [6.07, 6.45) is -2.80. The van der Waals surface area contributed by atoms with Crippen LogP contribution in [0.2, 0.25) is 0 Å². The third-order valence-corrected chi connectivity index (χ3v) is 2.77. The van der Waals surface area contributed by atoms with Crippen molar-refractivity contribution in [2.24, 2.45) is 0 Å². The molecule has 0 N–H and O–H groups in total. The maximum absolute atomic E-state index is 12.7. The number of aromatic nitrogens is 1. The Balaban J connectivity index is 3.04. The maximum Gasteiger partial charge on any atom is 0.311 e.